The largest absolute Gasteiger partial charge is 0.478 e. The van der Waals surface area contributed by atoms with Gasteiger partial charge in [0.15, 0.2) is 9.84 Å². The fraction of sp³-hybridized carbons (Fsp3) is 0.667. The van der Waals surface area contributed by atoms with E-state index in [0.717, 1.165) is 24.7 Å². The maximum absolute atomic E-state index is 11.5. The summed E-state index contributed by atoms with van der Waals surface area (Å²) in [6, 6.07) is 0. The average Bonchev–Trinajstić information content (AvgIpc) is 2.16. The van der Waals surface area contributed by atoms with Crippen molar-refractivity contribution < 1.29 is 18.3 Å². The van der Waals surface area contributed by atoms with E-state index in [1.54, 1.807) is 0 Å². The molecule has 0 aromatic rings. The van der Waals surface area contributed by atoms with Gasteiger partial charge in [0, 0.05) is 11.5 Å². The van der Waals surface area contributed by atoms with Crippen LogP contribution in [0.2, 0.25) is 0 Å². The normalized spacial score (nSPS) is 20.0. The molecule has 0 heterocycles. The number of sulfone groups is 1. The van der Waals surface area contributed by atoms with Gasteiger partial charge >= 0.3 is 5.97 Å². The predicted octanol–water partition coefficient (Wildman–Crippen LogP) is 1.33. The molecule has 1 saturated carbocycles. The van der Waals surface area contributed by atoms with Gasteiger partial charge in [0.2, 0.25) is 0 Å². The summed E-state index contributed by atoms with van der Waals surface area (Å²) in [5.74, 6) is -1.22. The summed E-state index contributed by atoms with van der Waals surface area (Å²) in [6.07, 6.45) is 4.94. The number of hydrogen-bond acceptors (Lipinski definition) is 3. The molecular formula is C9H14O4S. The van der Waals surface area contributed by atoms with Crippen molar-refractivity contribution in [2.45, 2.75) is 37.4 Å². The molecule has 0 aromatic carbocycles. The van der Waals surface area contributed by atoms with Crippen LogP contribution in [0.15, 0.2) is 11.5 Å². The van der Waals surface area contributed by atoms with Crippen LogP contribution >= 0.6 is 0 Å². The Morgan fingerprint density at radius 1 is 1.21 bits per heavy atom. The van der Waals surface area contributed by atoms with Crippen molar-refractivity contribution >= 4 is 15.8 Å². The van der Waals surface area contributed by atoms with Crippen LogP contribution in [-0.4, -0.2) is 24.7 Å². The van der Waals surface area contributed by atoms with Crippen molar-refractivity contribution in [1.82, 2.24) is 0 Å². The van der Waals surface area contributed by atoms with E-state index in [1.807, 2.05) is 0 Å². The second-order valence-corrected chi connectivity index (χ2v) is 5.61. The van der Waals surface area contributed by atoms with Gasteiger partial charge in [-0.3, -0.25) is 0 Å². The molecule has 14 heavy (non-hydrogen) atoms. The molecule has 1 N–H and O–H groups in total. The van der Waals surface area contributed by atoms with Gasteiger partial charge in [0.1, 0.15) is 0 Å². The zero-order valence-electron chi connectivity index (χ0n) is 7.85. The van der Waals surface area contributed by atoms with Crippen molar-refractivity contribution in [2.24, 2.45) is 0 Å². The lowest BCUT2D eigenvalue weighted by molar-refractivity contribution is -0.131. The summed E-state index contributed by atoms with van der Waals surface area (Å²) in [4.78, 5) is 10.2. The molecule has 0 unspecified atom stereocenters. The fourth-order valence-corrected chi connectivity index (χ4v) is 3.18. The maximum atomic E-state index is 11.5. The first-order valence-corrected chi connectivity index (χ1v) is 6.28. The number of aliphatic carboxylic acids is 1. The summed E-state index contributed by atoms with van der Waals surface area (Å²) in [5, 5.41) is 8.78. The van der Waals surface area contributed by atoms with E-state index < -0.39 is 15.8 Å². The van der Waals surface area contributed by atoms with Crippen LogP contribution in [0, 0.1) is 0 Å². The molecule has 1 fully saturated rings. The number of carbonyl (C=O) groups is 1. The zero-order valence-corrected chi connectivity index (χ0v) is 8.66. The standard InChI is InChI=1S/C9H14O4S/c10-9(11)6-7-14(12,13)8-4-2-1-3-5-8/h6-8H,1-5H2,(H,10,11)/b7-6+. The fourth-order valence-electron chi connectivity index (χ4n) is 1.66. The number of carboxylic acids is 1. The van der Waals surface area contributed by atoms with Crippen LogP contribution in [-0.2, 0) is 14.6 Å². The Hall–Kier alpha value is -0.840. The minimum absolute atomic E-state index is 0.369. The molecule has 0 atom stereocenters. The van der Waals surface area contributed by atoms with Gasteiger partial charge in [0.05, 0.1) is 5.25 Å². The van der Waals surface area contributed by atoms with Crippen molar-refractivity contribution in [3.05, 3.63) is 11.5 Å². The molecule has 1 aliphatic rings. The van der Waals surface area contributed by atoms with Crippen molar-refractivity contribution in [3.63, 3.8) is 0 Å². The number of carboxylic acid groups (broad SMARTS) is 1. The lowest BCUT2D eigenvalue weighted by Crippen LogP contribution is -2.22. The Bertz CT molecular complexity index is 323. The Morgan fingerprint density at radius 3 is 2.29 bits per heavy atom. The lowest BCUT2D eigenvalue weighted by atomic mass is 10.0. The van der Waals surface area contributed by atoms with E-state index in [1.165, 1.54) is 0 Å². The second kappa shape index (κ2) is 4.59. The van der Waals surface area contributed by atoms with Crippen molar-refractivity contribution in [3.8, 4) is 0 Å². The molecule has 0 spiro atoms. The number of rotatable bonds is 3. The molecule has 0 aromatic heterocycles. The van der Waals surface area contributed by atoms with E-state index in [4.69, 9.17) is 5.11 Å². The minimum Gasteiger partial charge on any atom is -0.478 e. The van der Waals surface area contributed by atoms with Gasteiger partial charge in [-0.2, -0.15) is 0 Å². The second-order valence-electron chi connectivity index (χ2n) is 3.49. The molecule has 0 bridgehead atoms. The van der Waals surface area contributed by atoms with E-state index in [9.17, 15) is 13.2 Å². The molecule has 0 amide bonds. The zero-order chi connectivity index (χ0) is 10.6. The molecular weight excluding hydrogens is 204 g/mol. The first kappa shape index (κ1) is 11.2. The van der Waals surface area contributed by atoms with E-state index in [-0.39, 0.29) is 5.25 Å². The number of hydrogen-bond donors (Lipinski definition) is 1. The van der Waals surface area contributed by atoms with E-state index in [0.29, 0.717) is 18.9 Å². The molecule has 4 nitrogen and oxygen atoms in total. The van der Waals surface area contributed by atoms with Crippen LogP contribution in [0.1, 0.15) is 32.1 Å². The molecule has 0 aliphatic heterocycles. The third kappa shape index (κ3) is 3.14. The molecule has 5 heteroatoms. The SMILES string of the molecule is O=C(O)/C=C/S(=O)(=O)C1CCCCC1. The summed E-state index contributed by atoms with van der Waals surface area (Å²) < 4.78 is 23.1. The third-order valence-electron chi connectivity index (χ3n) is 2.42. The van der Waals surface area contributed by atoms with Crippen LogP contribution in [0.4, 0.5) is 0 Å². The van der Waals surface area contributed by atoms with Crippen molar-refractivity contribution in [1.29, 1.82) is 0 Å². The first-order chi connectivity index (χ1) is 6.52. The van der Waals surface area contributed by atoms with E-state index in [2.05, 4.69) is 0 Å². The Labute approximate surface area is 83.5 Å². The van der Waals surface area contributed by atoms with Crippen LogP contribution in [0.3, 0.4) is 0 Å². The first-order valence-electron chi connectivity index (χ1n) is 4.67. The van der Waals surface area contributed by atoms with Crippen molar-refractivity contribution in [2.75, 3.05) is 0 Å². The molecule has 1 rings (SSSR count). The summed E-state index contributed by atoms with van der Waals surface area (Å²) in [7, 11) is -3.34. The lowest BCUT2D eigenvalue weighted by Gasteiger charge is -2.19. The molecule has 0 radical (unpaired) electrons. The Kier molecular flexibility index (Phi) is 3.69. The monoisotopic (exact) mass is 218 g/mol. The smallest absolute Gasteiger partial charge is 0.329 e. The topological polar surface area (TPSA) is 71.4 Å². The summed E-state index contributed by atoms with van der Waals surface area (Å²) in [6.45, 7) is 0. The summed E-state index contributed by atoms with van der Waals surface area (Å²) >= 11 is 0. The van der Waals surface area contributed by atoms with Crippen LogP contribution in [0.25, 0.3) is 0 Å². The van der Waals surface area contributed by atoms with Gasteiger partial charge in [-0.15, -0.1) is 0 Å². The van der Waals surface area contributed by atoms with Gasteiger partial charge in [-0.1, -0.05) is 19.3 Å². The molecule has 0 saturated heterocycles. The highest BCUT2D eigenvalue weighted by molar-refractivity contribution is 7.94. The van der Waals surface area contributed by atoms with Gasteiger partial charge in [0.25, 0.3) is 0 Å². The Balaban J connectivity index is 2.68. The van der Waals surface area contributed by atoms with Gasteiger partial charge in [-0.25, -0.2) is 13.2 Å². The molecule has 1 aliphatic carbocycles. The average molecular weight is 218 g/mol. The van der Waals surface area contributed by atoms with Crippen LogP contribution < -0.4 is 0 Å². The highest BCUT2D eigenvalue weighted by Crippen LogP contribution is 2.24. The van der Waals surface area contributed by atoms with Gasteiger partial charge in [-0.05, 0) is 12.8 Å². The third-order valence-corrected chi connectivity index (χ3v) is 4.33. The highest BCUT2D eigenvalue weighted by atomic mass is 32.2. The van der Waals surface area contributed by atoms with Crippen LogP contribution in [0.5, 0.6) is 0 Å². The van der Waals surface area contributed by atoms with Gasteiger partial charge < -0.3 is 5.11 Å². The highest BCUT2D eigenvalue weighted by Gasteiger charge is 2.24. The minimum atomic E-state index is -3.34. The Morgan fingerprint density at radius 2 is 1.79 bits per heavy atom. The quantitative estimate of drug-likeness (QED) is 0.725. The maximum Gasteiger partial charge on any atom is 0.329 e. The van der Waals surface area contributed by atoms with E-state index >= 15 is 0 Å². The summed E-state index contributed by atoms with van der Waals surface area (Å²) in [5.41, 5.74) is 0. The predicted molar refractivity (Wildman–Crippen MR) is 52.6 cm³/mol. The molecule has 80 valence electrons.